The van der Waals surface area contributed by atoms with Crippen LogP contribution in [0.15, 0.2) is 58.5 Å². The van der Waals surface area contributed by atoms with Gasteiger partial charge in [-0.25, -0.2) is 9.59 Å². The number of carbonyl (C=O) groups excluding carboxylic acids is 2. The number of aliphatic imine (C=N–C) groups is 2. The SMILES string of the molecule is CN(c1ccc(N=C=O)cc1)c1ccc(N=C=O)cc1. The quantitative estimate of drug-likeness (QED) is 0.628. The van der Waals surface area contributed by atoms with E-state index in [1.807, 2.05) is 36.2 Å². The van der Waals surface area contributed by atoms with Crippen LogP contribution in [0.1, 0.15) is 0 Å². The molecule has 0 aromatic heterocycles. The summed E-state index contributed by atoms with van der Waals surface area (Å²) in [5.74, 6) is 0. The van der Waals surface area contributed by atoms with E-state index < -0.39 is 0 Å². The van der Waals surface area contributed by atoms with E-state index in [4.69, 9.17) is 0 Å². The Morgan fingerprint density at radius 1 is 0.750 bits per heavy atom. The molecule has 0 saturated carbocycles. The first-order chi connectivity index (χ1) is 9.74. The fraction of sp³-hybridized carbons (Fsp3) is 0.0667. The van der Waals surface area contributed by atoms with Crippen molar-refractivity contribution in [3.8, 4) is 0 Å². The standard InChI is InChI=1S/C15H11N3O2/c1-18(14-6-2-12(3-7-14)16-10-19)15-8-4-13(5-9-15)17-11-20/h2-9H,1H3. The van der Waals surface area contributed by atoms with Gasteiger partial charge in [0.05, 0.1) is 11.4 Å². The van der Waals surface area contributed by atoms with E-state index in [2.05, 4.69) is 9.98 Å². The maximum atomic E-state index is 10.2. The number of nitrogens with zero attached hydrogens (tertiary/aromatic N) is 3. The first-order valence-electron chi connectivity index (χ1n) is 5.84. The third-order valence-electron chi connectivity index (χ3n) is 2.82. The van der Waals surface area contributed by atoms with Crippen LogP contribution >= 0.6 is 0 Å². The number of hydrogen-bond donors (Lipinski definition) is 0. The molecule has 0 aliphatic carbocycles. The Balaban J connectivity index is 2.23. The molecule has 0 spiro atoms. The second-order valence-electron chi connectivity index (χ2n) is 4.00. The lowest BCUT2D eigenvalue weighted by molar-refractivity contribution is 0.564. The number of hydrogen-bond acceptors (Lipinski definition) is 5. The minimum atomic E-state index is 0.563. The second kappa shape index (κ2) is 6.25. The number of anilines is 2. The van der Waals surface area contributed by atoms with Crippen LogP contribution in [0.2, 0.25) is 0 Å². The van der Waals surface area contributed by atoms with Crippen molar-refractivity contribution in [2.45, 2.75) is 0 Å². The van der Waals surface area contributed by atoms with Gasteiger partial charge in [0, 0.05) is 18.4 Å². The normalized spacial score (nSPS) is 9.25. The molecule has 2 aromatic carbocycles. The molecule has 0 N–H and O–H groups in total. The zero-order valence-electron chi connectivity index (χ0n) is 10.8. The Morgan fingerprint density at radius 2 is 1.10 bits per heavy atom. The van der Waals surface area contributed by atoms with E-state index in [-0.39, 0.29) is 0 Å². The number of rotatable bonds is 4. The van der Waals surface area contributed by atoms with Crippen molar-refractivity contribution in [2.75, 3.05) is 11.9 Å². The highest BCUT2D eigenvalue weighted by Crippen LogP contribution is 2.27. The van der Waals surface area contributed by atoms with Crippen LogP contribution < -0.4 is 4.90 Å². The van der Waals surface area contributed by atoms with Crippen LogP contribution in [0, 0.1) is 0 Å². The van der Waals surface area contributed by atoms with Gasteiger partial charge in [-0.1, -0.05) is 0 Å². The van der Waals surface area contributed by atoms with Crippen molar-refractivity contribution < 1.29 is 9.59 Å². The van der Waals surface area contributed by atoms with Crippen molar-refractivity contribution in [3.05, 3.63) is 48.5 Å². The maximum Gasteiger partial charge on any atom is 0.240 e. The van der Waals surface area contributed by atoms with E-state index in [0.717, 1.165) is 11.4 Å². The summed E-state index contributed by atoms with van der Waals surface area (Å²) >= 11 is 0. The molecular weight excluding hydrogens is 254 g/mol. The Morgan fingerprint density at radius 3 is 1.40 bits per heavy atom. The van der Waals surface area contributed by atoms with Crippen molar-refractivity contribution in [1.82, 2.24) is 0 Å². The van der Waals surface area contributed by atoms with Gasteiger partial charge in [-0.3, -0.25) is 0 Å². The molecule has 0 aliphatic heterocycles. The Hall–Kier alpha value is -3.00. The molecule has 20 heavy (non-hydrogen) atoms. The van der Waals surface area contributed by atoms with Gasteiger partial charge in [0.25, 0.3) is 0 Å². The average molecular weight is 265 g/mol. The molecule has 0 amide bonds. The molecule has 0 fully saturated rings. The summed E-state index contributed by atoms with van der Waals surface area (Å²) in [7, 11) is 1.91. The lowest BCUT2D eigenvalue weighted by Crippen LogP contribution is -2.08. The highest BCUT2D eigenvalue weighted by molar-refractivity contribution is 5.66. The molecular formula is C15H11N3O2. The molecule has 0 saturated heterocycles. The summed E-state index contributed by atoms with van der Waals surface area (Å²) < 4.78 is 0. The Kier molecular flexibility index (Phi) is 4.20. The topological polar surface area (TPSA) is 62.1 Å². The molecule has 0 unspecified atom stereocenters. The van der Waals surface area contributed by atoms with Crippen LogP contribution in [0.5, 0.6) is 0 Å². The van der Waals surface area contributed by atoms with Gasteiger partial charge in [-0.15, -0.1) is 0 Å². The predicted octanol–water partition coefficient (Wildman–Crippen LogP) is 3.39. The zero-order valence-corrected chi connectivity index (χ0v) is 10.8. The molecule has 98 valence electrons. The lowest BCUT2D eigenvalue weighted by Gasteiger charge is -2.19. The van der Waals surface area contributed by atoms with E-state index >= 15 is 0 Å². The van der Waals surface area contributed by atoms with Gasteiger partial charge in [-0.05, 0) is 48.5 Å². The molecule has 2 rings (SSSR count). The summed E-state index contributed by atoms with van der Waals surface area (Å²) in [5, 5.41) is 0. The molecule has 0 heterocycles. The smallest absolute Gasteiger partial charge is 0.240 e. The van der Waals surface area contributed by atoms with Crippen LogP contribution in [0.25, 0.3) is 0 Å². The van der Waals surface area contributed by atoms with Crippen molar-refractivity contribution in [1.29, 1.82) is 0 Å². The monoisotopic (exact) mass is 265 g/mol. The van der Waals surface area contributed by atoms with Crippen molar-refractivity contribution in [3.63, 3.8) is 0 Å². The van der Waals surface area contributed by atoms with Gasteiger partial charge in [0.2, 0.25) is 12.2 Å². The molecule has 5 heteroatoms. The van der Waals surface area contributed by atoms with Gasteiger partial charge < -0.3 is 4.90 Å². The van der Waals surface area contributed by atoms with Crippen LogP contribution in [-0.2, 0) is 9.59 Å². The highest BCUT2D eigenvalue weighted by atomic mass is 16.1. The molecule has 2 aromatic rings. The van der Waals surface area contributed by atoms with E-state index in [0.29, 0.717) is 11.4 Å². The molecule has 0 radical (unpaired) electrons. The third kappa shape index (κ3) is 3.06. The summed E-state index contributed by atoms with van der Waals surface area (Å²) in [6.45, 7) is 0. The van der Waals surface area contributed by atoms with Gasteiger partial charge in [-0.2, -0.15) is 9.98 Å². The van der Waals surface area contributed by atoms with Gasteiger partial charge in [0.15, 0.2) is 0 Å². The summed E-state index contributed by atoms with van der Waals surface area (Å²) in [4.78, 5) is 29.4. The summed E-state index contributed by atoms with van der Waals surface area (Å²) in [6.07, 6.45) is 3.00. The Labute approximate surface area is 115 Å². The van der Waals surface area contributed by atoms with Crippen LogP contribution in [0.4, 0.5) is 22.7 Å². The average Bonchev–Trinajstić information content (AvgIpc) is 2.49. The maximum absolute atomic E-state index is 10.2. The number of benzene rings is 2. The number of isocyanates is 2. The third-order valence-corrected chi connectivity index (χ3v) is 2.82. The van der Waals surface area contributed by atoms with E-state index in [1.54, 1.807) is 24.3 Å². The van der Waals surface area contributed by atoms with Crippen LogP contribution in [0.3, 0.4) is 0 Å². The fourth-order valence-electron chi connectivity index (χ4n) is 1.76. The Bertz CT molecular complexity index is 619. The van der Waals surface area contributed by atoms with E-state index in [9.17, 15) is 9.59 Å². The predicted molar refractivity (Wildman–Crippen MR) is 76.5 cm³/mol. The molecule has 0 bridgehead atoms. The molecule has 5 nitrogen and oxygen atoms in total. The van der Waals surface area contributed by atoms with Gasteiger partial charge >= 0.3 is 0 Å². The largest absolute Gasteiger partial charge is 0.345 e. The first-order valence-corrected chi connectivity index (χ1v) is 5.84. The molecule has 0 atom stereocenters. The fourth-order valence-corrected chi connectivity index (χ4v) is 1.76. The van der Waals surface area contributed by atoms with Crippen molar-refractivity contribution in [2.24, 2.45) is 9.98 Å². The van der Waals surface area contributed by atoms with E-state index in [1.165, 1.54) is 12.2 Å². The molecule has 0 aliphatic rings. The van der Waals surface area contributed by atoms with Gasteiger partial charge in [0.1, 0.15) is 0 Å². The first kappa shape index (κ1) is 13.4. The highest BCUT2D eigenvalue weighted by Gasteiger charge is 2.03. The summed E-state index contributed by atoms with van der Waals surface area (Å²) in [6, 6.07) is 14.4. The minimum Gasteiger partial charge on any atom is -0.345 e. The summed E-state index contributed by atoms with van der Waals surface area (Å²) in [5.41, 5.74) is 3.02. The van der Waals surface area contributed by atoms with Crippen molar-refractivity contribution >= 4 is 34.9 Å². The minimum absolute atomic E-state index is 0.563. The van der Waals surface area contributed by atoms with Crippen LogP contribution in [-0.4, -0.2) is 19.2 Å². The zero-order chi connectivity index (χ0) is 14.4. The lowest BCUT2D eigenvalue weighted by atomic mass is 10.2. The second-order valence-corrected chi connectivity index (χ2v) is 4.00.